The van der Waals surface area contributed by atoms with Gasteiger partial charge in [-0.3, -0.25) is 4.79 Å². The van der Waals surface area contributed by atoms with Gasteiger partial charge in [-0.25, -0.2) is 22.3 Å². The third-order valence-electron chi connectivity index (χ3n) is 5.87. The van der Waals surface area contributed by atoms with E-state index in [2.05, 4.69) is 20.7 Å². The molecule has 2 aromatic rings. The number of halogens is 2. The number of rotatable bonds is 7. The summed E-state index contributed by atoms with van der Waals surface area (Å²) < 4.78 is 41.4. The number of hydrogen-bond donors (Lipinski definition) is 4. The first-order valence-electron chi connectivity index (χ1n) is 11.0. The molecular formula is C23H28ClFN4O4S. The number of anilines is 1. The SMILES string of the molecule is CNC(=O)Nc1ccc(S(=O)(=O)N[C@H]2CC[C@H](C(=O)N[C@H](C)c3ccc(F)cc3)CC2)cc1Cl. The Morgan fingerprint density at radius 2 is 1.71 bits per heavy atom. The fourth-order valence-corrected chi connectivity index (χ4v) is 5.50. The average molecular weight is 511 g/mol. The van der Waals surface area contributed by atoms with E-state index in [1.54, 1.807) is 12.1 Å². The Hall–Kier alpha value is -2.69. The molecule has 3 rings (SSSR count). The molecule has 0 heterocycles. The molecular weight excluding hydrogens is 483 g/mol. The second kappa shape index (κ2) is 11.2. The summed E-state index contributed by atoms with van der Waals surface area (Å²) >= 11 is 6.13. The highest BCUT2D eigenvalue weighted by Gasteiger charge is 2.30. The van der Waals surface area contributed by atoms with E-state index in [9.17, 15) is 22.4 Å². The smallest absolute Gasteiger partial charge is 0.319 e. The summed E-state index contributed by atoms with van der Waals surface area (Å²) in [6, 6.07) is 9.04. The van der Waals surface area contributed by atoms with Crippen molar-refractivity contribution in [3.8, 4) is 0 Å². The second-order valence-corrected chi connectivity index (χ2v) is 10.4. The molecule has 0 bridgehead atoms. The highest BCUT2D eigenvalue weighted by Crippen LogP contribution is 2.29. The molecule has 8 nitrogen and oxygen atoms in total. The van der Waals surface area contributed by atoms with Crippen LogP contribution in [0.4, 0.5) is 14.9 Å². The van der Waals surface area contributed by atoms with Crippen LogP contribution in [0.25, 0.3) is 0 Å². The van der Waals surface area contributed by atoms with Gasteiger partial charge in [0.2, 0.25) is 15.9 Å². The van der Waals surface area contributed by atoms with Crippen molar-refractivity contribution >= 4 is 39.2 Å². The van der Waals surface area contributed by atoms with Gasteiger partial charge in [-0.2, -0.15) is 0 Å². The summed E-state index contributed by atoms with van der Waals surface area (Å²) in [4.78, 5) is 24.1. The van der Waals surface area contributed by atoms with Crippen LogP contribution in [0.2, 0.25) is 5.02 Å². The fourth-order valence-electron chi connectivity index (χ4n) is 3.88. The van der Waals surface area contributed by atoms with Crippen LogP contribution < -0.4 is 20.7 Å². The lowest BCUT2D eigenvalue weighted by Gasteiger charge is -2.29. The van der Waals surface area contributed by atoms with E-state index >= 15 is 0 Å². The van der Waals surface area contributed by atoms with Crippen molar-refractivity contribution in [2.24, 2.45) is 5.92 Å². The highest BCUT2D eigenvalue weighted by molar-refractivity contribution is 7.89. The number of hydrogen-bond acceptors (Lipinski definition) is 4. The van der Waals surface area contributed by atoms with E-state index in [4.69, 9.17) is 11.6 Å². The lowest BCUT2D eigenvalue weighted by atomic mass is 9.85. The first-order valence-corrected chi connectivity index (χ1v) is 12.8. The van der Waals surface area contributed by atoms with Crippen LogP contribution >= 0.6 is 11.6 Å². The van der Waals surface area contributed by atoms with Crippen LogP contribution in [0.1, 0.15) is 44.2 Å². The van der Waals surface area contributed by atoms with Gasteiger partial charge in [-0.1, -0.05) is 23.7 Å². The molecule has 0 aromatic heterocycles. The maximum Gasteiger partial charge on any atom is 0.319 e. The zero-order valence-corrected chi connectivity index (χ0v) is 20.5. The Morgan fingerprint density at radius 1 is 1.06 bits per heavy atom. The largest absolute Gasteiger partial charge is 0.349 e. The molecule has 0 unspecified atom stereocenters. The minimum Gasteiger partial charge on any atom is -0.349 e. The Balaban J connectivity index is 1.53. The van der Waals surface area contributed by atoms with Crippen LogP contribution in [0.3, 0.4) is 0 Å². The van der Waals surface area contributed by atoms with Gasteiger partial charge in [-0.15, -0.1) is 0 Å². The van der Waals surface area contributed by atoms with E-state index in [0.29, 0.717) is 31.4 Å². The van der Waals surface area contributed by atoms with E-state index in [0.717, 1.165) is 5.56 Å². The number of nitrogens with one attached hydrogen (secondary N) is 4. The monoisotopic (exact) mass is 510 g/mol. The van der Waals surface area contributed by atoms with Crippen molar-refractivity contribution in [3.05, 3.63) is 58.9 Å². The maximum absolute atomic E-state index is 13.1. The standard InChI is InChI=1S/C23H28ClFN4O4S/c1-14(15-3-7-17(25)8-4-15)27-22(30)16-5-9-18(10-6-16)29-34(32,33)19-11-12-21(20(24)13-19)28-23(31)26-2/h3-4,7-8,11-14,16,18,29H,5-6,9-10H2,1-2H3,(H,27,30)(H2,26,28,31)/t14-,16-,18-/m1/s1. The lowest BCUT2D eigenvalue weighted by Crippen LogP contribution is -2.41. The topological polar surface area (TPSA) is 116 Å². The third-order valence-corrected chi connectivity index (χ3v) is 7.71. The summed E-state index contributed by atoms with van der Waals surface area (Å²) in [5, 5.41) is 7.95. The number of sulfonamides is 1. The van der Waals surface area contributed by atoms with Crippen molar-refractivity contribution in [2.75, 3.05) is 12.4 Å². The van der Waals surface area contributed by atoms with Crippen molar-refractivity contribution in [3.63, 3.8) is 0 Å². The first kappa shape index (κ1) is 25.9. The van der Waals surface area contributed by atoms with Crippen LogP contribution in [0.15, 0.2) is 47.4 Å². The van der Waals surface area contributed by atoms with Crippen LogP contribution in [-0.4, -0.2) is 33.4 Å². The molecule has 11 heteroatoms. The summed E-state index contributed by atoms with van der Waals surface area (Å²) in [5.74, 6) is -0.640. The van der Waals surface area contributed by atoms with E-state index in [1.165, 1.54) is 37.4 Å². The van der Waals surface area contributed by atoms with E-state index < -0.39 is 16.1 Å². The Morgan fingerprint density at radius 3 is 2.29 bits per heavy atom. The maximum atomic E-state index is 13.1. The third kappa shape index (κ3) is 6.68. The predicted molar refractivity (Wildman–Crippen MR) is 129 cm³/mol. The number of benzene rings is 2. The van der Waals surface area contributed by atoms with Gasteiger partial charge in [0.1, 0.15) is 5.82 Å². The zero-order valence-electron chi connectivity index (χ0n) is 18.9. The molecule has 2 aromatic carbocycles. The molecule has 1 aliphatic rings. The number of amides is 3. The molecule has 0 aliphatic heterocycles. The molecule has 1 fully saturated rings. The minimum atomic E-state index is -3.82. The Bertz CT molecular complexity index is 1140. The molecule has 1 saturated carbocycles. The molecule has 1 atom stereocenters. The normalized spacial score (nSPS) is 19.2. The molecule has 1 aliphatic carbocycles. The zero-order chi connectivity index (χ0) is 24.9. The van der Waals surface area contributed by atoms with E-state index in [-0.39, 0.29) is 39.6 Å². The lowest BCUT2D eigenvalue weighted by molar-refractivity contribution is -0.126. The van der Waals surface area contributed by atoms with Crippen LogP contribution in [0, 0.1) is 11.7 Å². The Labute approximate surface area is 203 Å². The van der Waals surface area contributed by atoms with Gasteiger partial charge >= 0.3 is 6.03 Å². The summed E-state index contributed by atoms with van der Waals surface area (Å²) in [7, 11) is -2.37. The van der Waals surface area contributed by atoms with Gasteiger partial charge in [0, 0.05) is 19.0 Å². The molecule has 184 valence electrons. The number of urea groups is 1. The summed E-state index contributed by atoms with van der Waals surface area (Å²) in [6.07, 6.45) is 2.13. The minimum absolute atomic E-state index is 0.00653. The Kier molecular flexibility index (Phi) is 8.51. The highest BCUT2D eigenvalue weighted by atomic mass is 35.5. The predicted octanol–water partition coefficient (Wildman–Crippen LogP) is 3.94. The average Bonchev–Trinajstić information content (AvgIpc) is 2.80. The second-order valence-electron chi connectivity index (χ2n) is 8.30. The molecule has 0 spiro atoms. The molecule has 0 saturated heterocycles. The van der Waals surface area contributed by atoms with Gasteiger partial charge in [-0.05, 0) is 68.5 Å². The van der Waals surface area contributed by atoms with Crippen molar-refractivity contribution in [2.45, 2.75) is 49.6 Å². The summed E-state index contributed by atoms with van der Waals surface area (Å²) in [5.41, 5.74) is 1.10. The summed E-state index contributed by atoms with van der Waals surface area (Å²) in [6.45, 7) is 1.84. The van der Waals surface area contributed by atoms with Crippen LogP contribution in [0.5, 0.6) is 0 Å². The van der Waals surface area contributed by atoms with Crippen LogP contribution in [-0.2, 0) is 14.8 Å². The first-order chi connectivity index (χ1) is 16.1. The number of carbonyl (C=O) groups is 2. The van der Waals surface area contributed by atoms with Gasteiger partial charge in [0.15, 0.2) is 0 Å². The number of carbonyl (C=O) groups excluding carboxylic acids is 2. The quantitative estimate of drug-likeness (QED) is 0.451. The van der Waals surface area contributed by atoms with Gasteiger partial charge in [0.25, 0.3) is 0 Å². The molecule has 4 N–H and O–H groups in total. The van der Waals surface area contributed by atoms with E-state index in [1.807, 2.05) is 6.92 Å². The molecule has 34 heavy (non-hydrogen) atoms. The fraction of sp³-hybridized carbons (Fsp3) is 0.391. The van der Waals surface area contributed by atoms with Crippen molar-refractivity contribution in [1.29, 1.82) is 0 Å². The van der Waals surface area contributed by atoms with Gasteiger partial charge in [0.05, 0.1) is 21.6 Å². The van der Waals surface area contributed by atoms with Crippen molar-refractivity contribution < 1.29 is 22.4 Å². The molecule has 3 amide bonds. The molecule has 0 radical (unpaired) electrons. The van der Waals surface area contributed by atoms with Gasteiger partial charge < -0.3 is 16.0 Å². The van der Waals surface area contributed by atoms with Crippen molar-refractivity contribution in [1.82, 2.24) is 15.4 Å².